The van der Waals surface area contributed by atoms with Crippen molar-refractivity contribution in [1.29, 1.82) is 0 Å². The smallest absolute Gasteiger partial charge is 0.333 e. The maximum Gasteiger partial charge on any atom is 0.333 e. The van der Waals surface area contributed by atoms with Crippen LogP contribution in [0.3, 0.4) is 0 Å². The molecule has 2 fully saturated rings. The number of benzene rings is 3. The molecule has 0 saturated carbocycles. The molecule has 1 aromatic heterocycles. The second-order valence-corrected chi connectivity index (χ2v) is 16.3. The highest BCUT2D eigenvalue weighted by atomic mass is 32.2. The number of carbonyl (C=O) groups excluding carboxylic acids is 2. The molecule has 3 unspecified atom stereocenters. The number of aliphatic hydroxyl groups is 1. The van der Waals surface area contributed by atoms with Gasteiger partial charge in [-0.2, -0.15) is 0 Å². The second-order valence-electron chi connectivity index (χ2n) is 15.2. The average Bonchev–Trinajstić information content (AvgIpc) is 3.82. The normalized spacial score (nSPS) is 28.9. The van der Waals surface area contributed by atoms with E-state index in [-0.39, 0.29) is 24.9 Å². The summed E-state index contributed by atoms with van der Waals surface area (Å²) in [5.41, 5.74) is 5.70. The number of piperazine rings is 1. The number of esters is 2. The van der Waals surface area contributed by atoms with Gasteiger partial charge in [0.25, 0.3) is 0 Å². The molecule has 0 radical (unpaired) electrons. The predicted molar refractivity (Wildman–Crippen MR) is 200 cm³/mol. The Hall–Kier alpha value is -4.67. The fraction of sp³-hybridized carbons (Fsp3) is 0.450. The van der Waals surface area contributed by atoms with Crippen molar-refractivity contribution in [3.8, 4) is 34.5 Å². The van der Waals surface area contributed by atoms with E-state index in [1.165, 1.54) is 25.8 Å². The molecule has 7 aliphatic heterocycles. The number of phenols is 1. The molecule has 8 heterocycles. The lowest BCUT2D eigenvalue weighted by Crippen LogP contribution is -2.69. The number of carbonyl (C=O) groups is 2. The van der Waals surface area contributed by atoms with Crippen molar-refractivity contribution in [2.45, 2.75) is 74.8 Å². The highest BCUT2D eigenvalue weighted by Gasteiger charge is 2.60. The number of rotatable bonds is 3. The molecule has 55 heavy (non-hydrogen) atoms. The van der Waals surface area contributed by atoms with Crippen molar-refractivity contribution in [2.24, 2.45) is 0 Å². The van der Waals surface area contributed by atoms with Crippen LogP contribution in [0.5, 0.6) is 34.5 Å². The van der Waals surface area contributed by atoms with E-state index in [0.29, 0.717) is 64.6 Å². The zero-order valence-electron chi connectivity index (χ0n) is 31.0. The Morgan fingerprint density at radius 3 is 2.65 bits per heavy atom. The number of aryl methyl sites for hydroxylation is 1. The number of phenolic OH excluding ortho intramolecular Hbond substituents is 1. The van der Waals surface area contributed by atoms with Crippen molar-refractivity contribution >= 4 is 34.6 Å². The zero-order valence-corrected chi connectivity index (χ0v) is 31.8. The number of nitrogens with zero attached hydrogens (tertiary/aromatic N) is 1. The molecule has 11 rings (SSSR count). The first kappa shape index (κ1) is 34.8. The molecular formula is C40H42N4O10S. The molecule has 14 nitrogen and oxygen atoms in total. The largest absolute Gasteiger partial charge is 0.504 e. The van der Waals surface area contributed by atoms with Gasteiger partial charge in [0.15, 0.2) is 28.5 Å². The van der Waals surface area contributed by atoms with Crippen LogP contribution in [0, 0.1) is 13.8 Å². The summed E-state index contributed by atoms with van der Waals surface area (Å²) in [7, 11) is 3.17. The van der Waals surface area contributed by atoms with Crippen LogP contribution < -0.4 is 34.3 Å². The van der Waals surface area contributed by atoms with Crippen LogP contribution in [0.4, 0.5) is 0 Å². The molecule has 4 bridgehead atoms. The fourth-order valence-corrected chi connectivity index (χ4v) is 11.9. The summed E-state index contributed by atoms with van der Waals surface area (Å²) in [6.45, 7) is 5.43. The first-order chi connectivity index (χ1) is 26.6. The summed E-state index contributed by atoms with van der Waals surface area (Å²) >= 11 is 1.51. The van der Waals surface area contributed by atoms with E-state index in [4.69, 9.17) is 28.4 Å². The number of ether oxygens (including phenoxy) is 6. The average molecular weight is 771 g/mol. The van der Waals surface area contributed by atoms with Gasteiger partial charge in [0, 0.05) is 58.4 Å². The summed E-state index contributed by atoms with van der Waals surface area (Å²) in [6, 6.07) is 5.62. The van der Waals surface area contributed by atoms with E-state index < -0.39 is 53.1 Å². The summed E-state index contributed by atoms with van der Waals surface area (Å²) < 4.78 is 36.1. The molecule has 5 N–H and O–H groups in total. The number of hydrogen-bond donors (Lipinski definition) is 5. The lowest BCUT2D eigenvalue weighted by Gasteiger charge is -2.59. The van der Waals surface area contributed by atoms with Crippen molar-refractivity contribution in [3.05, 3.63) is 68.9 Å². The molecule has 2 saturated heterocycles. The van der Waals surface area contributed by atoms with Crippen LogP contribution in [0.15, 0.2) is 24.3 Å². The minimum atomic E-state index is -1.28. The number of nitrogens with one attached hydrogen (secondary N) is 3. The minimum absolute atomic E-state index is 0.0417. The highest BCUT2D eigenvalue weighted by molar-refractivity contribution is 7.99. The maximum atomic E-state index is 14.8. The van der Waals surface area contributed by atoms with Gasteiger partial charge < -0.3 is 48.9 Å². The Morgan fingerprint density at radius 1 is 1.05 bits per heavy atom. The summed E-state index contributed by atoms with van der Waals surface area (Å²) in [6.07, 6.45) is 0.0904. The Labute approximate surface area is 320 Å². The molecule has 7 aliphatic rings. The van der Waals surface area contributed by atoms with Crippen LogP contribution >= 0.6 is 11.8 Å². The number of thioether (sulfide) groups is 1. The molecule has 288 valence electrons. The van der Waals surface area contributed by atoms with Gasteiger partial charge in [-0.3, -0.25) is 15.0 Å². The number of aromatic nitrogens is 1. The number of aromatic amines is 1. The lowest BCUT2D eigenvalue weighted by atomic mass is 9.74. The molecule has 1 spiro atoms. The van der Waals surface area contributed by atoms with Gasteiger partial charge in [0.05, 0.1) is 43.3 Å². The summed E-state index contributed by atoms with van der Waals surface area (Å²) in [4.78, 5) is 33.3. The van der Waals surface area contributed by atoms with Crippen LogP contribution in [0.25, 0.3) is 10.9 Å². The first-order valence-corrected chi connectivity index (χ1v) is 19.6. The van der Waals surface area contributed by atoms with Gasteiger partial charge in [0.2, 0.25) is 6.79 Å². The van der Waals surface area contributed by atoms with Gasteiger partial charge in [0.1, 0.15) is 24.3 Å². The number of methoxy groups -OCH3 is 2. The van der Waals surface area contributed by atoms with Gasteiger partial charge in [-0.25, -0.2) is 4.79 Å². The van der Waals surface area contributed by atoms with E-state index in [0.717, 1.165) is 39.0 Å². The van der Waals surface area contributed by atoms with Gasteiger partial charge in [-0.1, -0.05) is 6.07 Å². The SMILES string of the molecule is COc1ccc2[nH]c3c(c2c1)CCN[C@]31CS[C@@H]2c3c(OC(C)=O)c(C)c4c(c3[C@H](COC1=O)N1C2C2NC(Cc3cc(C)c(OC)c(O)c32)[C@@H]1O)OCO4. The van der Waals surface area contributed by atoms with Crippen molar-refractivity contribution in [1.82, 2.24) is 20.5 Å². The minimum Gasteiger partial charge on any atom is -0.504 e. The Balaban J connectivity index is 1.22. The quantitative estimate of drug-likeness (QED) is 0.150. The van der Waals surface area contributed by atoms with Crippen LogP contribution in [-0.2, 0) is 32.7 Å². The van der Waals surface area contributed by atoms with Gasteiger partial charge in [-0.15, -0.1) is 11.8 Å². The van der Waals surface area contributed by atoms with Gasteiger partial charge in [-0.05, 0) is 61.6 Å². The Bertz CT molecular complexity index is 2330. The predicted octanol–water partition coefficient (Wildman–Crippen LogP) is 3.85. The lowest BCUT2D eigenvalue weighted by molar-refractivity contribution is -0.164. The van der Waals surface area contributed by atoms with E-state index in [9.17, 15) is 19.8 Å². The third-order valence-electron chi connectivity index (χ3n) is 12.4. The van der Waals surface area contributed by atoms with E-state index in [1.807, 2.05) is 43.0 Å². The molecule has 4 aromatic rings. The van der Waals surface area contributed by atoms with Crippen LogP contribution in [0.2, 0.25) is 0 Å². The molecule has 3 aromatic carbocycles. The zero-order chi connectivity index (χ0) is 38.1. The number of aliphatic hydroxyl groups excluding tert-OH is 1. The Morgan fingerprint density at radius 2 is 1.87 bits per heavy atom. The van der Waals surface area contributed by atoms with Crippen molar-refractivity contribution in [3.63, 3.8) is 0 Å². The van der Waals surface area contributed by atoms with E-state index in [2.05, 4.69) is 15.6 Å². The molecular weight excluding hydrogens is 729 g/mol. The van der Waals surface area contributed by atoms with Gasteiger partial charge >= 0.3 is 11.9 Å². The number of fused-ring (bicyclic) bond motifs is 11. The molecule has 0 aliphatic carbocycles. The number of H-pyrrole nitrogens is 1. The fourth-order valence-electron chi connectivity index (χ4n) is 10.2. The monoisotopic (exact) mass is 770 g/mol. The summed E-state index contributed by atoms with van der Waals surface area (Å²) in [5, 5.41) is 32.0. The topological polar surface area (TPSA) is 173 Å². The number of hydrogen-bond acceptors (Lipinski definition) is 14. The first-order valence-electron chi connectivity index (χ1n) is 18.5. The molecule has 15 heteroatoms. The third-order valence-corrected chi connectivity index (χ3v) is 13.9. The van der Waals surface area contributed by atoms with Crippen molar-refractivity contribution in [2.75, 3.05) is 39.9 Å². The molecule has 7 atom stereocenters. The van der Waals surface area contributed by atoms with E-state index in [1.54, 1.807) is 7.11 Å². The third kappa shape index (κ3) is 4.76. The molecule has 0 amide bonds. The Kier molecular flexibility index (Phi) is 7.86. The van der Waals surface area contributed by atoms with Crippen molar-refractivity contribution < 1.29 is 48.2 Å². The van der Waals surface area contributed by atoms with Crippen LogP contribution in [0.1, 0.15) is 68.9 Å². The summed E-state index contributed by atoms with van der Waals surface area (Å²) in [5.74, 6) is 1.67. The van der Waals surface area contributed by atoms with Crippen LogP contribution in [-0.4, -0.2) is 90.3 Å². The highest BCUT2D eigenvalue weighted by Crippen LogP contribution is 2.63. The van der Waals surface area contributed by atoms with E-state index >= 15 is 0 Å². The standard InChI is InChI=1S/C40H42N4O10S/c1-16-10-19-11-24-38(47)44-25-13-51-39(48)40(37-21(8-9-41-40)22-12-20(49-4)6-7-23(22)43-37)14-55-36(30(44)29(42-24)26(19)31(46)32(16)50-5)28-27(25)35-34(52-15-53-35)17(2)33(28)54-18(3)45/h6-7,10,12,24-25,29-30,36,38,41-43,46-47H,8-9,11,13-15H2,1-5H3/t24?,25-,29?,30?,36+,38-,40+/m0/s1. The number of aromatic hydroxyl groups is 1. The maximum absolute atomic E-state index is 14.8. The second kappa shape index (κ2) is 12.4.